The van der Waals surface area contributed by atoms with Crippen LogP contribution < -0.4 is 5.32 Å². The SMILES string of the molecule is C1=CN=C[N]1.[Fe]. The van der Waals surface area contributed by atoms with Gasteiger partial charge in [-0.2, -0.15) is 0 Å². The van der Waals surface area contributed by atoms with E-state index in [1.807, 2.05) is 0 Å². The molecule has 2 nitrogen and oxygen atoms in total. The molecule has 0 aromatic heterocycles. The number of nitrogens with zero attached hydrogens (tertiary/aromatic N) is 2. The van der Waals surface area contributed by atoms with Gasteiger partial charge < -0.3 is 0 Å². The van der Waals surface area contributed by atoms with E-state index in [-0.39, 0.29) is 17.1 Å². The minimum Gasteiger partial charge on any atom is -0.243 e. The van der Waals surface area contributed by atoms with Gasteiger partial charge in [0, 0.05) is 29.5 Å². The molecule has 6 heavy (non-hydrogen) atoms. The van der Waals surface area contributed by atoms with Gasteiger partial charge in [-0.25, -0.2) is 10.3 Å². The standard InChI is InChI=1S/C3H3N2.Fe/c1-2-5-3-4-1;/h1-3H;. The molecule has 0 aliphatic carbocycles. The van der Waals surface area contributed by atoms with E-state index >= 15 is 0 Å². The molecule has 33 valence electrons. The van der Waals surface area contributed by atoms with Crippen LogP contribution in [0.3, 0.4) is 0 Å². The second-order valence-electron chi connectivity index (χ2n) is 0.712. The third-order valence-corrected chi connectivity index (χ3v) is 0.372. The Bertz CT molecular complexity index is 66.9. The van der Waals surface area contributed by atoms with Crippen LogP contribution in [-0.2, 0) is 17.1 Å². The molecule has 1 heterocycles. The van der Waals surface area contributed by atoms with E-state index in [0.717, 1.165) is 0 Å². The van der Waals surface area contributed by atoms with Crippen LogP contribution >= 0.6 is 0 Å². The minimum absolute atomic E-state index is 0. The van der Waals surface area contributed by atoms with Gasteiger partial charge >= 0.3 is 0 Å². The van der Waals surface area contributed by atoms with Crippen LogP contribution in [0.15, 0.2) is 17.4 Å². The summed E-state index contributed by atoms with van der Waals surface area (Å²) in [5.41, 5.74) is 0. The Labute approximate surface area is 46.8 Å². The van der Waals surface area contributed by atoms with Crippen molar-refractivity contribution < 1.29 is 17.1 Å². The summed E-state index contributed by atoms with van der Waals surface area (Å²) < 4.78 is 0. The Balaban J connectivity index is 0.000000250. The van der Waals surface area contributed by atoms with Gasteiger partial charge in [0.25, 0.3) is 0 Å². The second-order valence-corrected chi connectivity index (χ2v) is 0.712. The van der Waals surface area contributed by atoms with Gasteiger partial charge in [0.05, 0.1) is 0 Å². The van der Waals surface area contributed by atoms with Crippen molar-refractivity contribution in [1.29, 1.82) is 0 Å². The normalized spacial score (nSPS) is 13.3. The zero-order valence-corrected chi connectivity index (χ0v) is 4.08. The Morgan fingerprint density at radius 3 is 2.17 bits per heavy atom. The smallest absolute Gasteiger partial charge is 0.115 e. The third-order valence-electron chi connectivity index (χ3n) is 0.372. The van der Waals surface area contributed by atoms with Crippen LogP contribution in [0.25, 0.3) is 0 Å². The van der Waals surface area contributed by atoms with Crippen molar-refractivity contribution >= 4 is 6.34 Å². The van der Waals surface area contributed by atoms with Crippen molar-refractivity contribution in [3.8, 4) is 0 Å². The summed E-state index contributed by atoms with van der Waals surface area (Å²) in [6.45, 7) is 0. The van der Waals surface area contributed by atoms with E-state index in [1.165, 1.54) is 6.34 Å². The van der Waals surface area contributed by atoms with Crippen LogP contribution in [0.4, 0.5) is 0 Å². The summed E-state index contributed by atoms with van der Waals surface area (Å²) in [4.78, 5) is 3.61. The molecule has 0 amide bonds. The monoisotopic (exact) mass is 123 g/mol. The van der Waals surface area contributed by atoms with Crippen LogP contribution in [0.1, 0.15) is 0 Å². The Hall–Kier alpha value is -0.271. The van der Waals surface area contributed by atoms with Gasteiger partial charge in [-0.3, -0.25) is 0 Å². The first-order chi connectivity index (χ1) is 2.50. The molecule has 1 rings (SSSR count). The molecule has 1 aliphatic rings. The molecule has 0 unspecified atom stereocenters. The van der Waals surface area contributed by atoms with Gasteiger partial charge in [0.15, 0.2) is 0 Å². The van der Waals surface area contributed by atoms with Crippen molar-refractivity contribution in [2.75, 3.05) is 0 Å². The predicted octanol–water partition coefficient (Wildman–Crippen LogP) is 0.101. The number of aliphatic imine (C=N–C) groups is 1. The summed E-state index contributed by atoms with van der Waals surface area (Å²) in [6, 6.07) is 0. The number of hydrogen-bond acceptors (Lipinski definition) is 1. The number of rotatable bonds is 0. The molecule has 0 spiro atoms. The van der Waals surface area contributed by atoms with E-state index in [0.29, 0.717) is 0 Å². The fourth-order valence-corrected chi connectivity index (χ4v) is 0.192. The second kappa shape index (κ2) is 2.94. The van der Waals surface area contributed by atoms with Crippen LogP contribution in [-0.4, -0.2) is 6.34 Å². The molecule has 0 fully saturated rings. The minimum atomic E-state index is 0. The fourth-order valence-electron chi connectivity index (χ4n) is 0.192. The average molecular weight is 123 g/mol. The van der Waals surface area contributed by atoms with Crippen LogP contribution in [0.2, 0.25) is 0 Å². The Morgan fingerprint density at radius 1 is 1.17 bits per heavy atom. The number of hydrogen-bond donors (Lipinski definition) is 0. The third kappa shape index (κ3) is 1.24. The van der Waals surface area contributed by atoms with Gasteiger partial charge in [0.2, 0.25) is 0 Å². The summed E-state index contributed by atoms with van der Waals surface area (Å²) in [5.74, 6) is 0. The van der Waals surface area contributed by atoms with Crippen molar-refractivity contribution in [2.45, 2.75) is 0 Å². The Kier molecular flexibility index (Phi) is 2.81. The predicted molar refractivity (Wildman–Crippen MR) is 19.8 cm³/mol. The summed E-state index contributed by atoms with van der Waals surface area (Å²) >= 11 is 0. The first-order valence-corrected chi connectivity index (χ1v) is 1.37. The summed E-state index contributed by atoms with van der Waals surface area (Å²) in [6.07, 6.45) is 4.78. The molecule has 0 bridgehead atoms. The molecule has 1 aliphatic heterocycles. The molecule has 3 heteroatoms. The van der Waals surface area contributed by atoms with Crippen molar-refractivity contribution in [3.63, 3.8) is 0 Å². The average Bonchev–Trinajstić information content (AvgIpc) is 1.76. The van der Waals surface area contributed by atoms with Crippen molar-refractivity contribution in [1.82, 2.24) is 5.32 Å². The fraction of sp³-hybridized carbons (Fsp3) is 0. The molecule has 1 radical (unpaired) electrons. The zero-order chi connectivity index (χ0) is 3.54. The summed E-state index contributed by atoms with van der Waals surface area (Å²) in [5, 5.41) is 3.61. The molecular weight excluding hydrogens is 120 g/mol. The molecule has 0 aromatic rings. The topological polar surface area (TPSA) is 26.5 Å². The first kappa shape index (κ1) is 5.73. The maximum Gasteiger partial charge on any atom is 0.115 e. The van der Waals surface area contributed by atoms with Gasteiger partial charge in [-0.1, -0.05) is 0 Å². The van der Waals surface area contributed by atoms with E-state index in [2.05, 4.69) is 10.3 Å². The van der Waals surface area contributed by atoms with Crippen molar-refractivity contribution in [3.05, 3.63) is 12.4 Å². The molecule has 0 N–H and O–H groups in total. The molecule has 0 atom stereocenters. The van der Waals surface area contributed by atoms with Gasteiger partial charge in [-0.05, 0) is 0 Å². The molecular formula is C3H3FeN2. The van der Waals surface area contributed by atoms with Gasteiger partial charge in [0.1, 0.15) is 6.34 Å². The quantitative estimate of drug-likeness (QED) is 0.408. The molecule has 0 aromatic carbocycles. The van der Waals surface area contributed by atoms with Crippen LogP contribution in [0.5, 0.6) is 0 Å². The Morgan fingerprint density at radius 2 is 2.00 bits per heavy atom. The largest absolute Gasteiger partial charge is 0.243 e. The molecule has 0 saturated carbocycles. The first-order valence-electron chi connectivity index (χ1n) is 1.37. The maximum atomic E-state index is 3.61. The van der Waals surface area contributed by atoms with E-state index < -0.39 is 0 Å². The van der Waals surface area contributed by atoms with E-state index in [4.69, 9.17) is 0 Å². The van der Waals surface area contributed by atoms with Crippen molar-refractivity contribution in [2.24, 2.45) is 4.99 Å². The zero-order valence-electron chi connectivity index (χ0n) is 2.98. The van der Waals surface area contributed by atoms with E-state index in [9.17, 15) is 0 Å². The summed E-state index contributed by atoms with van der Waals surface area (Å²) in [7, 11) is 0. The van der Waals surface area contributed by atoms with Gasteiger partial charge in [-0.15, -0.1) is 0 Å². The van der Waals surface area contributed by atoms with Crippen LogP contribution in [0, 0.1) is 0 Å². The maximum absolute atomic E-state index is 3.61. The van der Waals surface area contributed by atoms with E-state index in [1.54, 1.807) is 12.4 Å². The molecule has 0 saturated heterocycles.